The van der Waals surface area contributed by atoms with E-state index < -0.39 is 7.60 Å². The molecule has 0 amide bonds. The lowest BCUT2D eigenvalue weighted by Gasteiger charge is -2.26. The Morgan fingerprint density at radius 2 is 1.67 bits per heavy atom. The van der Waals surface area contributed by atoms with E-state index in [1.807, 2.05) is 12.1 Å². The molecule has 0 aliphatic heterocycles. The molecule has 5 heteroatoms. The van der Waals surface area contributed by atoms with Crippen molar-refractivity contribution >= 4 is 7.60 Å². The molecule has 102 valence electrons. The standard InChI is InChI=1S/C13H21O4P/c1-13(2,9-10-18(15,16-3)17-4)11-5-7-12(14)8-6-11/h5-8,14H,9-10H2,1-4H3. The molecule has 0 saturated heterocycles. The predicted molar refractivity (Wildman–Crippen MR) is 72.2 cm³/mol. The van der Waals surface area contributed by atoms with Gasteiger partial charge in [0, 0.05) is 14.2 Å². The second kappa shape index (κ2) is 5.87. The zero-order chi connectivity index (χ0) is 13.8. The van der Waals surface area contributed by atoms with Crippen LogP contribution in [0.2, 0.25) is 0 Å². The highest BCUT2D eigenvalue weighted by Gasteiger charge is 2.28. The minimum atomic E-state index is -2.96. The molecule has 0 unspecified atom stereocenters. The summed E-state index contributed by atoms with van der Waals surface area (Å²) in [5.74, 6) is 0.244. The van der Waals surface area contributed by atoms with Crippen molar-refractivity contribution in [3.05, 3.63) is 29.8 Å². The normalized spacial score (nSPS) is 12.7. The van der Waals surface area contributed by atoms with Crippen molar-refractivity contribution < 1.29 is 18.7 Å². The highest BCUT2D eigenvalue weighted by Crippen LogP contribution is 2.48. The van der Waals surface area contributed by atoms with Gasteiger partial charge in [-0.2, -0.15) is 0 Å². The number of hydrogen-bond donors (Lipinski definition) is 1. The van der Waals surface area contributed by atoms with E-state index in [1.165, 1.54) is 14.2 Å². The van der Waals surface area contributed by atoms with Gasteiger partial charge in [0.1, 0.15) is 5.75 Å². The second-order valence-electron chi connectivity index (χ2n) is 4.88. The highest BCUT2D eigenvalue weighted by molar-refractivity contribution is 7.53. The summed E-state index contributed by atoms with van der Waals surface area (Å²) in [7, 11) is -0.156. The monoisotopic (exact) mass is 272 g/mol. The van der Waals surface area contributed by atoms with Crippen molar-refractivity contribution in [2.75, 3.05) is 20.4 Å². The highest BCUT2D eigenvalue weighted by atomic mass is 31.2. The van der Waals surface area contributed by atoms with Gasteiger partial charge in [-0.05, 0) is 29.5 Å². The van der Waals surface area contributed by atoms with E-state index in [0.29, 0.717) is 12.6 Å². The molecule has 1 rings (SSSR count). The van der Waals surface area contributed by atoms with Gasteiger partial charge in [0.25, 0.3) is 0 Å². The molecule has 0 fully saturated rings. The Balaban J connectivity index is 2.76. The van der Waals surface area contributed by atoms with Crippen molar-refractivity contribution in [3.8, 4) is 5.75 Å². The molecule has 0 aromatic heterocycles. The molecule has 0 saturated carbocycles. The third kappa shape index (κ3) is 3.84. The van der Waals surface area contributed by atoms with Gasteiger partial charge in [0.15, 0.2) is 0 Å². The number of aromatic hydroxyl groups is 1. The molecule has 0 spiro atoms. The molecule has 0 heterocycles. The smallest absolute Gasteiger partial charge is 0.330 e. The molecule has 18 heavy (non-hydrogen) atoms. The first-order valence-corrected chi connectivity index (χ1v) is 7.56. The van der Waals surface area contributed by atoms with Crippen LogP contribution in [-0.4, -0.2) is 25.5 Å². The quantitative estimate of drug-likeness (QED) is 0.805. The van der Waals surface area contributed by atoms with Gasteiger partial charge in [-0.1, -0.05) is 26.0 Å². The molecule has 1 N–H and O–H groups in total. The fourth-order valence-corrected chi connectivity index (χ4v) is 3.08. The average Bonchev–Trinajstić information content (AvgIpc) is 2.37. The third-order valence-electron chi connectivity index (χ3n) is 3.22. The van der Waals surface area contributed by atoms with Crippen molar-refractivity contribution in [2.45, 2.75) is 25.7 Å². The van der Waals surface area contributed by atoms with Crippen molar-refractivity contribution in [1.82, 2.24) is 0 Å². The van der Waals surface area contributed by atoms with Gasteiger partial charge in [-0.25, -0.2) is 0 Å². The van der Waals surface area contributed by atoms with Crippen LogP contribution < -0.4 is 0 Å². The summed E-state index contributed by atoms with van der Waals surface area (Å²) < 4.78 is 21.9. The van der Waals surface area contributed by atoms with E-state index in [4.69, 9.17) is 9.05 Å². The van der Waals surface area contributed by atoms with Crippen LogP contribution in [0.1, 0.15) is 25.8 Å². The van der Waals surface area contributed by atoms with Crippen LogP contribution in [0.15, 0.2) is 24.3 Å². The lowest BCUT2D eigenvalue weighted by molar-refractivity contribution is 0.272. The molecular formula is C13H21O4P. The van der Waals surface area contributed by atoms with Gasteiger partial charge in [-0.3, -0.25) is 4.57 Å². The molecular weight excluding hydrogens is 251 g/mol. The van der Waals surface area contributed by atoms with E-state index >= 15 is 0 Å². The average molecular weight is 272 g/mol. The Kier molecular flexibility index (Phi) is 4.97. The predicted octanol–water partition coefficient (Wildman–Crippen LogP) is 3.55. The molecule has 1 aromatic rings. The molecule has 0 aliphatic rings. The zero-order valence-corrected chi connectivity index (χ0v) is 12.2. The molecule has 1 aromatic carbocycles. The Hall–Kier alpha value is -0.830. The molecule has 4 nitrogen and oxygen atoms in total. The van der Waals surface area contributed by atoms with E-state index in [9.17, 15) is 9.67 Å². The maximum Gasteiger partial charge on any atom is 0.330 e. The van der Waals surface area contributed by atoms with Gasteiger partial charge in [-0.15, -0.1) is 0 Å². The SMILES string of the molecule is COP(=O)(CCC(C)(C)c1ccc(O)cc1)OC. The number of rotatable bonds is 6. The van der Waals surface area contributed by atoms with Gasteiger partial charge >= 0.3 is 7.60 Å². The van der Waals surface area contributed by atoms with Gasteiger partial charge < -0.3 is 14.2 Å². The topological polar surface area (TPSA) is 55.8 Å². The van der Waals surface area contributed by atoms with Gasteiger partial charge in [0.05, 0.1) is 6.16 Å². The van der Waals surface area contributed by atoms with E-state index in [1.54, 1.807) is 12.1 Å². The van der Waals surface area contributed by atoms with Crippen molar-refractivity contribution in [2.24, 2.45) is 0 Å². The summed E-state index contributed by atoms with van der Waals surface area (Å²) in [6.45, 7) is 4.13. The minimum Gasteiger partial charge on any atom is -0.508 e. The first kappa shape index (κ1) is 15.2. The summed E-state index contributed by atoms with van der Waals surface area (Å²) in [6, 6.07) is 7.06. The van der Waals surface area contributed by atoms with Crippen molar-refractivity contribution in [1.29, 1.82) is 0 Å². The van der Waals surface area contributed by atoms with E-state index in [-0.39, 0.29) is 11.2 Å². The Labute approximate surface area is 108 Å². The van der Waals surface area contributed by atoms with Gasteiger partial charge in [0.2, 0.25) is 0 Å². The third-order valence-corrected chi connectivity index (χ3v) is 5.10. The first-order chi connectivity index (χ1) is 8.33. The van der Waals surface area contributed by atoms with Crippen LogP contribution >= 0.6 is 7.60 Å². The lowest BCUT2D eigenvalue weighted by atomic mass is 9.82. The number of benzene rings is 1. The maximum atomic E-state index is 12.0. The Morgan fingerprint density at radius 1 is 1.17 bits per heavy atom. The lowest BCUT2D eigenvalue weighted by Crippen LogP contribution is -2.19. The fraction of sp³-hybridized carbons (Fsp3) is 0.538. The Bertz CT molecular complexity index is 417. The first-order valence-electron chi connectivity index (χ1n) is 5.83. The van der Waals surface area contributed by atoms with Crippen LogP contribution in [-0.2, 0) is 19.0 Å². The van der Waals surface area contributed by atoms with Crippen LogP contribution in [0.4, 0.5) is 0 Å². The minimum absolute atomic E-state index is 0.152. The van der Waals surface area contributed by atoms with Crippen molar-refractivity contribution in [3.63, 3.8) is 0 Å². The largest absolute Gasteiger partial charge is 0.508 e. The Morgan fingerprint density at radius 3 is 2.11 bits per heavy atom. The van der Waals surface area contributed by atoms with Crippen LogP contribution in [0.3, 0.4) is 0 Å². The summed E-state index contributed by atoms with van der Waals surface area (Å²) in [6.07, 6.45) is 1.05. The second-order valence-corrected chi connectivity index (χ2v) is 7.28. The number of hydrogen-bond acceptors (Lipinski definition) is 4. The maximum absolute atomic E-state index is 12.0. The zero-order valence-electron chi connectivity index (χ0n) is 11.3. The summed E-state index contributed by atoms with van der Waals surface area (Å²) in [5, 5.41) is 9.27. The summed E-state index contributed by atoms with van der Waals surface area (Å²) >= 11 is 0. The van der Waals surface area contributed by atoms with Crippen LogP contribution in [0, 0.1) is 0 Å². The molecule has 0 atom stereocenters. The van der Waals surface area contributed by atoms with E-state index in [2.05, 4.69) is 13.8 Å². The number of phenolic OH excluding ortho intramolecular Hbond substituents is 1. The van der Waals surface area contributed by atoms with Crippen LogP contribution in [0.5, 0.6) is 5.75 Å². The summed E-state index contributed by atoms with van der Waals surface area (Å²) in [5.41, 5.74) is 0.930. The fourth-order valence-electron chi connectivity index (χ4n) is 1.73. The molecule has 0 radical (unpaired) electrons. The molecule has 0 bridgehead atoms. The summed E-state index contributed by atoms with van der Waals surface area (Å²) in [4.78, 5) is 0. The van der Waals surface area contributed by atoms with E-state index in [0.717, 1.165) is 5.56 Å². The molecule has 0 aliphatic carbocycles. The number of phenols is 1. The van der Waals surface area contributed by atoms with Crippen LogP contribution in [0.25, 0.3) is 0 Å².